The molecular formula is C17H18N2O2. The van der Waals surface area contributed by atoms with Gasteiger partial charge in [-0.1, -0.05) is 24.3 Å². The van der Waals surface area contributed by atoms with Gasteiger partial charge in [0.1, 0.15) is 5.75 Å². The number of carbonyl (C=O) groups is 1. The Balaban J connectivity index is 1.72. The number of benzene rings is 2. The number of hydrogen-bond acceptors (Lipinski definition) is 3. The molecule has 0 aliphatic carbocycles. The van der Waals surface area contributed by atoms with Crippen LogP contribution in [0.15, 0.2) is 48.5 Å². The van der Waals surface area contributed by atoms with Gasteiger partial charge in [0.15, 0.2) is 0 Å². The number of rotatable bonds is 4. The number of aromatic hydroxyl groups is 1. The predicted molar refractivity (Wildman–Crippen MR) is 83.5 cm³/mol. The molecule has 0 aromatic heterocycles. The smallest absolute Gasteiger partial charge is 0.227 e. The van der Waals surface area contributed by atoms with Crippen LogP contribution in [0.2, 0.25) is 0 Å². The molecule has 4 nitrogen and oxygen atoms in total. The van der Waals surface area contributed by atoms with E-state index in [0.29, 0.717) is 13.0 Å². The SMILES string of the molecule is O=C1CCCN1c1cccc(NCc2ccccc2O)c1. The van der Waals surface area contributed by atoms with E-state index in [0.717, 1.165) is 29.9 Å². The van der Waals surface area contributed by atoms with E-state index >= 15 is 0 Å². The van der Waals surface area contributed by atoms with Crippen molar-refractivity contribution in [1.29, 1.82) is 0 Å². The molecule has 3 rings (SSSR count). The van der Waals surface area contributed by atoms with Gasteiger partial charge in [0, 0.05) is 36.4 Å². The van der Waals surface area contributed by atoms with Crippen LogP contribution in [-0.4, -0.2) is 17.6 Å². The third kappa shape index (κ3) is 2.99. The highest BCUT2D eigenvalue weighted by atomic mass is 16.3. The molecule has 0 unspecified atom stereocenters. The van der Waals surface area contributed by atoms with Crippen LogP contribution in [0.1, 0.15) is 18.4 Å². The number of nitrogens with zero attached hydrogens (tertiary/aromatic N) is 1. The molecule has 0 saturated carbocycles. The highest BCUT2D eigenvalue weighted by Crippen LogP contribution is 2.25. The minimum absolute atomic E-state index is 0.188. The van der Waals surface area contributed by atoms with Crippen LogP contribution in [0.25, 0.3) is 0 Å². The van der Waals surface area contributed by atoms with E-state index in [1.165, 1.54) is 0 Å². The van der Waals surface area contributed by atoms with Crippen molar-refractivity contribution < 1.29 is 9.90 Å². The number of anilines is 2. The van der Waals surface area contributed by atoms with Gasteiger partial charge in [-0.3, -0.25) is 4.79 Å². The molecule has 2 N–H and O–H groups in total. The van der Waals surface area contributed by atoms with Gasteiger partial charge < -0.3 is 15.3 Å². The fraction of sp³-hybridized carbons (Fsp3) is 0.235. The molecule has 1 heterocycles. The summed E-state index contributed by atoms with van der Waals surface area (Å²) in [6.07, 6.45) is 1.56. The van der Waals surface area contributed by atoms with Crippen molar-refractivity contribution in [2.24, 2.45) is 0 Å². The molecule has 1 amide bonds. The van der Waals surface area contributed by atoms with Crippen LogP contribution < -0.4 is 10.2 Å². The average molecular weight is 282 g/mol. The van der Waals surface area contributed by atoms with Crippen LogP contribution in [0.5, 0.6) is 5.75 Å². The lowest BCUT2D eigenvalue weighted by molar-refractivity contribution is -0.117. The summed E-state index contributed by atoms with van der Waals surface area (Å²) in [7, 11) is 0. The Morgan fingerprint density at radius 1 is 1.14 bits per heavy atom. The monoisotopic (exact) mass is 282 g/mol. The summed E-state index contributed by atoms with van der Waals surface area (Å²) in [5, 5.41) is 13.0. The number of nitrogens with one attached hydrogen (secondary N) is 1. The molecule has 1 aliphatic rings. The molecule has 21 heavy (non-hydrogen) atoms. The first-order valence-electron chi connectivity index (χ1n) is 7.15. The zero-order valence-electron chi connectivity index (χ0n) is 11.7. The minimum atomic E-state index is 0.188. The van der Waals surface area contributed by atoms with Gasteiger partial charge in [0.2, 0.25) is 5.91 Å². The number of hydrogen-bond donors (Lipinski definition) is 2. The summed E-state index contributed by atoms with van der Waals surface area (Å²) in [5.74, 6) is 0.476. The number of phenols is 1. The second kappa shape index (κ2) is 5.87. The van der Waals surface area contributed by atoms with Crippen molar-refractivity contribution in [2.75, 3.05) is 16.8 Å². The first-order chi connectivity index (χ1) is 10.2. The van der Waals surface area contributed by atoms with Gasteiger partial charge in [-0.2, -0.15) is 0 Å². The van der Waals surface area contributed by atoms with E-state index in [1.54, 1.807) is 12.1 Å². The molecule has 4 heteroatoms. The molecule has 2 aromatic carbocycles. The molecule has 1 fully saturated rings. The number of carbonyl (C=O) groups excluding carboxylic acids is 1. The van der Waals surface area contributed by atoms with E-state index in [4.69, 9.17) is 0 Å². The van der Waals surface area contributed by atoms with Gasteiger partial charge in [-0.25, -0.2) is 0 Å². The normalized spacial score (nSPS) is 14.5. The lowest BCUT2D eigenvalue weighted by atomic mass is 10.2. The maximum absolute atomic E-state index is 11.8. The Kier molecular flexibility index (Phi) is 3.77. The van der Waals surface area contributed by atoms with E-state index in [9.17, 15) is 9.90 Å². The van der Waals surface area contributed by atoms with Crippen molar-refractivity contribution in [2.45, 2.75) is 19.4 Å². The van der Waals surface area contributed by atoms with Crippen LogP contribution in [-0.2, 0) is 11.3 Å². The van der Waals surface area contributed by atoms with Gasteiger partial charge in [0.05, 0.1) is 0 Å². The zero-order chi connectivity index (χ0) is 14.7. The average Bonchev–Trinajstić information content (AvgIpc) is 2.93. The van der Waals surface area contributed by atoms with E-state index in [2.05, 4.69) is 5.32 Å². The first-order valence-corrected chi connectivity index (χ1v) is 7.15. The summed E-state index contributed by atoms with van der Waals surface area (Å²) in [6, 6.07) is 15.1. The van der Waals surface area contributed by atoms with Crippen molar-refractivity contribution in [3.63, 3.8) is 0 Å². The number of para-hydroxylation sites is 1. The summed E-state index contributed by atoms with van der Waals surface area (Å²) < 4.78 is 0. The summed E-state index contributed by atoms with van der Waals surface area (Å²) in [6.45, 7) is 1.34. The highest BCUT2D eigenvalue weighted by Gasteiger charge is 2.21. The Morgan fingerprint density at radius 2 is 2.00 bits per heavy atom. The standard InChI is InChI=1S/C17H18N2O2/c20-16-8-2-1-5-13(16)12-18-14-6-3-7-15(11-14)19-10-4-9-17(19)21/h1-3,5-8,11,18,20H,4,9-10,12H2. The molecule has 1 aliphatic heterocycles. The third-order valence-electron chi connectivity index (χ3n) is 3.71. The van der Waals surface area contributed by atoms with Crippen molar-refractivity contribution in [1.82, 2.24) is 0 Å². The van der Waals surface area contributed by atoms with Crippen LogP contribution >= 0.6 is 0 Å². The molecular weight excluding hydrogens is 264 g/mol. The maximum atomic E-state index is 11.8. The maximum Gasteiger partial charge on any atom is 0.227 e. The Morgan fingerprint density at radius 3 is 2.76 bits per heavy atom. The molecule has 108 valence electrons. The number of phenolic OH excluding ortho intramolecular Hbond substituents is 1. The van der Waals surface area contributed by atoms with Crippen molar-refractivity contribution in [3.05, 3.63) is 54.1 Å². The van der Waals surface area contributed by atoms with E-state index in [1.807, 2.05) is 41.3 Å². The molecule has 0 bridgehead atoms. The van der Waals surface area contributed by atoms with Crippen molar-refractivity contribution in [3.8, 4) is 5.75 Å². The van der Waals surface area contributed by atoms with Crippen LogP contribution in [0.3, 0.4) is 0 Å². The fourth-order valence-electron chi connectivity index (χ4n) is 2.56. The topological polar surface area (TPSA) is 52.6 Å². The minimum Gasteiger partial charge on any atom is -0.508 e. The van der Waals surface area contributed by atoms with Gasteiger partial charge in [0.25, 0.3) is 0 Å². The molecule has 0 radical (unpaired) electrons. The van der Waals surface area contributed by atoms with Crippen LogP contribution in [0.4, 0.5) is 11.4 Å². The highest BCUT2D eigenvalue weighted by molar-refractivity contribution is 5.95. The third-order valence-corrected chi connectivity index (χ3v) is 3.71. The van der Waals surface area contributed by atoms with Gasteiger partial charge in [-0.15, -0.1) is 0 Å². The lowest BCUT2D eigenvalue weighted by Gasteiger charge is -2.17. The molecule has 1 saturated heterocycles. The van der Waals surface area contributed by atoms with Gasteiger partial charge in [-0.05, 0) is 30.7 Å². The summed E-state index contributed by atoms with van der Waals surface area (Å²) >= 11 is 0. The second-order valence-corrected chi connectivity index (χ2v) is 5.18. The lowest BCUT2D eigenvalue weighted by Crippen LogP contribution is -2.23. The number of amides is 1. The largest absolute Gasteiger partial charge is 0.508 e. The second-order valence-electron chi connectivity index (χ2n) is 5.18. The Bertz CT molecular complexity index is 655. The van der Waals surface area contributed by atoms with Crippen molar-refractivity contribution >= 4 is 17.3 Å². The molecule has 2 aromatic rings. The zero-order valence-corrected chi connectivity index (χ0v) is 11.7. The quantitative estimate of drug-likeness (QED) is 0.906. The van der Waals surface area contributed by atoms with E-state index in [-0.39, 0.29) is 11.7 Å². The summed E-state index contributed by atoms with van der Waals surface area (Å²) in [4.78, 5) is 13.6. The van der Waals surface area contributed by atoms with E-state index < -0.39 is 0 Å². The summed E-state index contributed by atoms with van der Waals surface area (Å²) in [5.41, 5.74) is 2.72. The first kappa shape index (κ1) is 13.5. The Hall–Kier alpha value is -2.49. The predicted octanol–water partition coefficient (Wildman–Crippen LogP) is 3.13. The molecule has 0 atom stereocenters. The van der Waals surface area contributed by atoms with Gasteiger partial charge >= 0.3 is 0 Å². The molecule has 0 spiro atoms. The van der Waals surface area contributed by atoms with Crippen LogP contribution in [0, 0.1) is 0 Å². The Labute approximate surface area is 124 Å². The fourth-order valence-corrected chi connectivity index (χ4v) is 2.56.